The maximum Gasteiger partial charge on any atom is 0.407 e. The van der Waals surface area contributed by atoms with Gasteiger partial charge in [-0.3, -0.25) is 4.79 Å². The third kappa shape index (κ3) is 8.12. The van der Waals surface area contributed by atoms with Crippen LogP contribution in [0, 0.1) is 11.8 Å². The summed E-state index contributed by atoms with van der Waals surface area (Å²) in [4.78, 5) is 24.4. The predicted octanol–water partition coefficient (Wildman–Crippen LogP) is 3.29. The lowest BCUT2D eigenvalue weighted by Crippen LogP contribution is -2.51. The van der Waals surface area contributed by atoms with Crippen molar-refractivity contribution in [2.75, 3.05) is 31.5 Å². The summed E-state index contributed by atoms with van der Waals surface area (Å²) in [7, 11) is -5.61. The molecule has 5 rings (SSSR count). The molecule has 0 bridgehead atoms. The largest absolute Gasteiger partial charge is 0.443 e. The third-order valence-corrected chi connectivity index (χ3v) is 7.97. The number of rotatable bonds is 12. The summed E-state index contributed by atoms with van der Waals surface area (Å²) in [5.41, 5.74) is 0.283. The minimum absolute atomic E-state index is 0.0254. The average molecular weight is 634 g/mol. The van der Waals surface area contributed by atoms with Crippen LogP contribution in [0.2, 0.25) is 0 Å². The molecular weight excluding hydrogens is 574 g/mol. The first kappa shape index (κ1) is 15.8. The van der Waals surface area contributed by atoms with E-state index >= 15 is 0 Å². The van der Waals surface area contributed by atoms with Crippen LogP contribution in [0.25, 0.3) is 0 Å². The number of anilines is 1. The van der Waals surface area contributed by atoms with Crippen molar-refractivity contribution in [3.63, 3.8) is 0 Å². The van der Waals surface area contributed by atoms with Crippen LogP contribution in [0.5, 0.6) is 0 Å². The molecular formula is C31H41N3O8S. The highest BCUT2D eigenvalue weighted by Gasteiger charge is 2.44. The first-order valence-electron chi connectivity index (χ1n) is 21.9. The van der Waals surface area contributed by atoms with Crippen molar-refractivity contribution >= 4 is 27.7 Å². The van der Waals surface area contributed by atoms with Gasteiger partial charge in [0, 0.05) is 43.5 Å². The van der Waals surface area contributed by atoms with Gasteiger partial charge >= 0.3 is 6.09 Å². The molecule has 2 aromatic rings. The zero-order chi connectivity index (χ0) is 46.6. The van der Waals surface area contributed by atoms with Crippen LogP contribution in [-0.4, -0.2) is 80.5 Å². The lowest BCUT2D eigenvalue weighted by Gasteiger charge is -2.31. The van der Waals surface area contributed by atoms with E-state index in [1.54, 1.807) is 6.07 Å². The quantitative estimate of drug-likeness (QED) is 0.323. The number of amides is 2. The van der Waals surface area contributed by atoms with Crippen molar-refractivity contribution in [2.45, 2.75) is 74.6 Å². The van der Waals surface area contributed by atoms with Gasteiger partial charge in [0.05, 0.1) is 42.9 Å². The molecule has 43 heavy (non-hydrogen) atoms. The lowest BCUT2D eigenvalue weighted by atomic mass is 10.0. The van der Waals surface area contributed by atoms with Crippen molar-refractivity contribution < 1.29 is 62.0 Å². The van der Waals surface area contributed by atoms with Crippen LogP contribution < -0.4 is 10.6 Å². The Morgan fingerprint density at radius 2 is 1.86 bits per heavy atom. The van der Waals surface area contributed by atoms with Gasteiger partial charge in [0.15, 0.2) is 6.29 Å². The maximum atomic E-state index is 14.6. The normalized spacial score (nSPS) is 40.7. The predicted molar refractivity (Wildman–Crippen MR) is 159 cm³/mol. The number of ether oxygens (including phenoxy) is 3. The fourth-order valence-corrected chi connectivity index (χ4v) is 5.50. The molecule has 0 unspecified atom stereocenters. The number of nitrogens with one attached hydrogen (secondary N) is 2. The van der Waals surface area contributed by atoms with Gasteiger partial charge in [-0.2, -0.15) is 4.31 Å². The van der Waals surface area contributed by atoms with Crippen LogP contribution >= 0.6 is 0 Å². The molecule has 11 nitrogen and oxygen atoms in total. The topological polar surface area (TPSA) is 144 Å². The van der Waals surface area contributed by atoms with E-state index in [1.165, 1.54) is 24.3 Å². The molecule has 0 aromatic heterocycles. The third-order valence-electron chi connectivity index (χ3n) is 6.28. The first-order valence-corrected chi connectivity index (χ1v) is 14.3. The Hall–Kier alpha value is -3.03. The summed E-state index contributed by atoms with van der Waals surface area (Å²) >= 11 is 0. The van der Waals surface area contributed by atoms with E-state index in [-0.39, 0.29) is 11.3 Å². The van der Waals surface area contributed by atoms with Gasteiger partial charge in [0.1, 0.15) is 6.08 Å². The Kier molecular flexibility index (Phi) is 5.21. The van der Waals surface area contributed by atoms with Crippen molar-refractivity contribution in [3.8, 4) is 0 Å². The molecule has 3 aliphatic rings. The minimum Gasteiger partial charge on any atom is -0.443 e. The van der Waals surface area contributed by atoms with Crippen LogP contribution in [0.1, 0.15) is 69.0 Å². The fourth-order valence-electron chi connectivity index (χ4n) is 4.21. The number of sulfonamides is 1. The second-order valence-electron chi connectivity index (χ2n) is 9.42. The monoisotopic (exact) mass is 633 g/mol. The van der Waals surface area contributed by atoms with Gasteiger partial charge in [0.25, 0.3) is 0 Å². The summed E-state index contributed by atoms with van der Waals surface area (Å²) in [5.74, 6) is -7.20. The van der Waals surface area contributed by atoms with Gasteiger partial charge in [-0.1, -0.05) is 43.1 Å². The second-order valence-corrected chi connectivity index (χ2v) is 11.3. The maximum absolute atomic E-state index is 14.6. The smallest absolute Gasteiger partial charge is 0.407 e. The van der Waals surface area contributed by atoms with E-state index in [4.69, 9.17) is 38.9 Å². The number of nitrogens with zero attached hydrogens (tertiary/aromatic N) is 1. The molecule has 2 aliphatic heterocycles. The van der Waals surface area contributed by atoms with Crippen molar-refractivity contribution in [3.05, 3.63) is 60.2 Å². The van der Waals surface area contributed by atoms with Gasteiger partial charge in [-0.25, -0.2) is 13.2 Å². The molecule has 2 saturated heterocycles. The molecule has 234 valence electrons. The highest BCUT2D eigenvalue weighted by molar-refractivity contribution is 7.89. The second kappa shape index (κ2) is 14.2. The number of aliphatic hydroxyl groups is 1. The fraction of sp³-hybridized carbons (Fsp3) is 0.548. The number of carbonyl (C=O) groups excluding carboxylic acids is 2. The molecule has 12 heteroatoms. The number of aliphatic hydroxyl groups excluding tert-OH is 1. The van der Waals surface area contributed by atoms with E-state index in [0.717, 1.165) is 31.2 Å². The molecule has 3 N–H and O–H groups in total. The van der Waals surface area contributed by atoms with Gasteiger partial charge in [0.2, 0.25) is 15.9 Å². The van der Waals surface area contributed by atoms with Crippen LogP contribution in [0.3, 0.4) is 0 Å². The molecule has 3 fully saturated rings. The first-order chi connectivity index (χ1) is 27.4. The molecule has 0 spiro atoms. The number of carbonyl (C=O) groups is 2. The molecule has 1 aliphatic carbocycles. The van der Waals surface area contributed by atoms with E-state index in [0.29, 0.717) is 0 Å². The number of benzene rings is 2. The van der Waals surface area contributed by atoms with Crippen molar-refractivity contribution in [1.29, 1.82) is 0 Å². The van der Waals surface area contributed by atoms with Crippen molar-refractivity contribution in [1.82, 2.24) is 9.62 Å². The summed E-state index contributed by atoms with van der Waals surface area (Å²) in [6.07, 6.45) is -29.9. The molecule has 0 radical (unpaired) electrons. The van der Waals surface area contributed by atoms with E-state index < -0.39 is 132 Å². The molecule has 1 saturated carbocycles. The van der Waals surface area contributed by atoms with Crippen LogP contribution in [-0.2, 0) is 35.4 Å². The highest BCUT2D eigenvalue weighted by atomic mass is 32.2. The molecule has 2 heterocycles. The van der Waals surface area contributed by atoms with Crippen molar-refractivity contribution in [2.24, 2.45) is 11.8 Å². The number of hydrogen-bond acceptors (Lipinski definition) is 8. The molecule has 2 amide bonds. The zero-order valence-electron chi connectivity index (χ0n) is 40.6. The Balaban J connectivity index is 1.61. The zero-order valence-corrected chi connectivity index (χ0v) is 23.4. The SMILES string of the molecule is [2H]C1([2H])O[C@@H]2OC([2H])([2H])[C@]([2H])(OC(=O)N[C@@H](Cc3ccccc3)[C@H](O)CN(C([2H])([2H])C3([2H])C([2H])([2H])C([2H])([2H])C([2H])([2H])C3([2H])[2H])S(=O)(=O)c3ccc(NC(C)=O)cc3)[C@@H]2C1([2H])[2H]. The van der Waals surface area contributed by atoms with Gasteiger partial charge in [-0.05, 0) is 61.3 Å². The number of fused-ring (bicyclic) bond motifs is 1. The lowest BCUT2D eigenvalue weighted by molar-refractivity contribution is -0.114. The van der Waals surface area contributed by atoms with E-state index in [9.17, 15) is 23.1 Å². The summed E-state index contributed by atoms with van der Waals surface area (Å²) in [5, 5.41) is 16.3. The summed E-state index contributed by atoms with van der Waals surface area (Å²) in [6.45, 7) is -11.4. The highest BCUT2D eigenvalue weighted by Crippen LogP contribution is 2.33. The molecule has 2 aromatic carbocycles. The standard InChI is InChI=1S/C31H41N3O8S/c1-21(35)32-24-11-13-25(14-12-24)43(38,39)34(18-23-9-5-6-10-23)19-28(36)27(17-22-7-3-2-4-8-22)33-31(37)42-29-20-41-30-26(29)15-16-40-30/h2-4,7-8,11-14,23,26-30,36H,5-6,9-10,15-20H2,1H3,(H,32,35)(H,33,37)/t26-,27-,28+,29-,30+/m0/s1/i5D2,6D2,9D2,10D2,15D2,16D2,18D2,20D2,23D,29D. The van der Waals surface area contributed by atoms with Gasteiger partial charge < -0.3 is 30.0 Å². The number of hydrogen-bond donors (Lipinski definition) is 3. The Labute approximate surface area is 278 Å². The molecule has 5 atom stereocenters. The number of alkyl carbamates (subject to hydrolysis) is 1. The van der Waals surface area contributed by atoms with Gasteiger partial charge in [-0.15, -0.1) is 0 Å². The summed E-state index contributed by atoms with van der Waals surface area (Å²) in [6, 6.07) is 9.20. The minimum atomic E-state index is -5.61. The van der Waals surface area contributed by atoms with E-state index in [2.05, 4.69) is 10.6 Å². The Bertz CT molecular complexity index is 2110. The summed E-state index contributed by atoms with van der Waals surface area (Å²) < 4.78 is 196. The van der Waals surface area contributed by atoms with E-state index in [1.807, 2.05) is 0 Å². The van der Waals surface area contributed by atoms with Crippen LogP contribution in [0.15, 0.2) is 59.5 Å². The Morgan fingerprint density at radius 3 is 2.56 bits per heavy atom. The van der Waals surface area contributed by atoms with Crippen LogP contribution in [0.4, 0.5) is 10.5 Å². The Morgan fingerprint density at radius 1 is 1.14 bits per heavy atom. The average Bonchev–Trinajstić information content (AvgIpc) is 3.45.